The van der Waals surface area contributed by atoms with Crippen molar-refractivity contribution in [2.75, 3.05) is 26.8 Å². The lowest BCUT2D eigenvalue weighted by molar-refractivity contribution is -0.163. The number of hydrogen-bond acceptors (Lipinski definition) is 3. The summed E-state index contributed by atoms with van der Waals surface area (Å²) >= 11 is 0. The first-order valence-corrected chi connectivity index (χ1v) is 9.17. The van der Waals surface area contributed by atoms with Crippen molar-refractivity contribution in [2.45, 2.75) is 38.5 Å². The minimum atomic E-state index is -1.04. The second kappa shape index (κ2) is 7.35. The van der Waals surface area contributed by atoms with Crippen LogP contribution >= 0.6 is 0 Å². The molecular weight excluding hydrogens is 337 g/mol. The van der Waals surface area contributed by atoms with Crippen LogP contribution in [0.15, 0.2) is 24.3 Å². The van der Waals surface area contributed by atoms with E-state index in [9.17, 15) is 19.1 Å². The Morgan fingerprint density at radius 3 is 2.54 bits per heavy atom. The highest BCUT2D eigenvalue weighted by Gasteiger charge is 2.50. The second-order valence-corrected chi connectivity index (χ2v) is 7.79. The molecule has 0 aromatic heterocycles. The molecule has 0 spiro atoms. The molecule has 1 unspecified atom stereocenters. The molecule has 1 N–H and O–H groups in total. The van der Waals surface area contributed by atoms with Crippen molar-refractivity contribution in [3.8, 4) is 0 Å². The number of benzene rings is 1. The summed E-state index contributed by atoms with van der Waals surface area (Å²) in [5.41, 5.74) is -0.744. The molecule has 1 aromatic rings. The van der Waals surface area contributed by atoms with E-state index in [-0.39, 0.29) is 24.9 Å². The van der Waals surface area contributed by atoms with Crippen molar-refractivity contribution >= 4 is 11.9 Å². The summed E-state index contributed by atoms with van der Waals surface area (Å²) in [5.74, 6) is -1.20. The maximum atomic E-state index is 13.5. The van der Waals surface area contributed by atoms with E-state index < -0.39 is 16.8 Å². The van der Waals surface area contributed by atoms with Gasteiger partial charge in [0, 0.05) is 20.2 Å². The average Bonchev–Trinajstić information content (AvgIpc) is 2.58. The number of aliphatic carboxylic acids is 1. The minimum Gasteiger partial charge on any atom is -0.481 e. The van der Waals surface area contributed by atoms with Crippen molar-refractivity contribution in [3.63, 3.8) is 0 Å². The van der Waals surface area contributed by atoms with Crippen LogP contribution in [0.25, 0.3) is 0 Å². The quantitative estimate of drug-likeness (QED) is 0.844. The molecule has 1 aliphatic heterocycles. The standard InChI is InChI=1S/C20H26FNO4/c1-26-14-20(18(24)25)9-4-10-22(13-20)17(23)19(7-3-8-19)12-15-5-2-6-16(21)11-15/h2,5-6,11H,3-4,7-10,12-14H2,1H3,(H,24,25). The van der Waals surface area contributed by atoms with E-state index in [0.717, 1.165) is 24.8 Å². The van der Waals surface area contributed by atoms with Gasteiger partial charge in [-0.3, -0.25) is 9.59 Å². The normalized spacial score (nSPS) is 24.8. The summed E-state index contributed by atoms with van der Waals surface area (Å²) < 4.78 is 18.7. The summed E-state index contributed by atoms with van der Waals surface area (Å²) in [6.07, 6.45) is 4.17. The molecule has 5 nitrogen and oxygen atoms in total. The third-order valence-electron chi connectivity index (χ3n) is 5.93. The molecule has 2 aliphatic rings. The van der Waals surface area contributed by atoms with E-state index in [4.69, 9.17) is 4.74 Å². The van der Waals surface area contributed by atoms with Crippen LogP contribution in [0, 0.1) is 16.6 Å². The van der Waals surface area contributed by atoms with Crippen molar-refractivity contribution in [1.29, 1.82) is 0 Å². The van der Waals surface area contributed by atoms with E-state index >= 15 is 0 Å². The minimum absolute atomic E-state index is 0.00874. The Hall–Kier alpha value is -1.95. The SMILES string of the molecule is COCC1(C(=O)O)CCCN(C(=O)C2(Cc3cccc(F)c3)CCC2)C1. The lowest BCUT2D eigenvalue weighted by Crippen LogP contribution is -2.57. The number of likely N-dealkylation sites (tertiary alicyclic amines) is 1. The van der Waals surface area contributed by atoms with Gasteiger partial charge >= 0.3 is 5.97 Å². The number of halogens is 1. The highest BCUT2D eigenvalue weighted by Crippen LogP contribution is 2.46. The predicted molar refractivity (Wildman–Crippen MR) is 94.1 cm³/mol. The molecule has 3 rings (SSSR count). The zero-order chi connectivity index (χ0) is 18.8. The van der Waals surface area contributed by atoms with Gasteiger partial charge in [-0.05, 0) is 49.8 Å². The van der Waals surface area contributed by atoms with Gasteiger partial charge in [-0.2, -0.15) is 0 Å². The van der Waals surface area contributed by atoms with Gasteiger partial charge in [0.1, 0.15) is 11.2 Å². The molecule has 26 heavy (non-hydrogen) atoms. The van der Waals surface area contributed by atoms with Crippen LogP contribution in [0.5, 0.6) is 0 Å². The highest BCUT2D eigenvalue weighted by atomic mass is 19.1. The molecule has 1 amide bonds. The summed E-state index contributed by atoms with van der Waals surface area (Å²) in [6, 6.07) is 6.39. The topological polar surface area (TPSA) is 66.8 Å². The van der Waals surface area contributed by atoms with Crippen LogP contribution in [0.1, 0.15) is 37.7 Å². The van der Waals surface area contributed by atoms with Gasteiger partial charge in [0.25, 0.3) is 0 Å². The van der Waals surface area contributed by atoms with Crippen LogP contribution in [0.3, 0.4) is 0 Å². The number of amides is 1. The van der Waals surface area contributed by atoms with Crippen LogP contribution in [-0.4, -0.2) is 48.7 Å². The summed E-state index contributed by atoms with van der Waals surface area (Å²) in [7, 11) is 1.49. The van der Waals surface area contributed by atoms with Gasteiger partial charge in [0.05, 0.1) is 12.0 Å². The molecule has 1 atom stereocenters. The summed E-state index contributed by atoms with van der Waals surface area (Å²) in [4.78, 5) is 26.8. The van der Waals surface area contributed by atoms with Crippen molar-refractivity contribution in [3.05, 3.63) is 35.6 Å². The summed E-state index contributed by atoms with van der Waals surface area (Å²) in [6.45, 7) is 0.853. The number of rotatable bonds is 6. The molecule has 2 fully saturated rings. The Kier molecular flexibility index (Phi) is 5.32. The number of nitrogens with zero attached hydrogens (tertiary/aromatic N) is 1. The number of carbonyl (C=O) groups is 2. The number of carboxylic acid groups (broad SMARTS) is 1. The smallest absolute Gasteiger partial charge is 0.313 e. The average molecular weight is 363 g/mol. The van der Waals surface area contributed by atoms with E-state index in [1.165, 1.54) is 19.2 Å². The molecule has 142 valence electrons. The molecule has 6 heteroatoms. The first-order chi connectivity index (χ1) is 12.4. The predicted octanol–water partition coefficient (Wildman–Crippen LogP) is 2.88. The van der Waals surface area contributed by atoms with Gasteiger partial charge < -0.3 is 14.7 Å². The Morgan fingerprint density at radius 2 is 1.96 bits per heavy atom. The first kappa shape index (κ1) is 18.8. The monoisotopic (exact) mass is 363 g/mol. The largest absolute Gasteiger partial charge is 0.481 e. The number of piperidine rings is 1. The fraction of sp³-hybridized carbons (Fsp3) is 0.600. The zero-order valence-corrected chi connectivity index (χ0v) is 15.2. The van der Waals surface area contributed by atoms with Gasteiger partial charge in [-0.15, -0.1) is 0 Å². The van der Waals surface area contributed by atoms with Crippen molar-refractivity contribution < 1.29 is 23.8 Å². The van der Waals surface area contributed by atoms with E-state index in [1.54, 1.807) is 11.0 Å². The number of carboxylic acids is 1. The van der Waals surface area contributed by atoms with Crippen LogP contribution in [-0.2, 0) is 20.7 Å². The Balaban J connectivity index is 1.78. The molecule has 1 saturated carbocycles. The molecule has 1 saturated heterocycles. The molecule has 1 aromatic carbocycles. The van der Waals surface area contributed by atoms with Gasteiger partial charge in [0.15, 0.2) is 0 Å². The number of ether oxygens (including phenoxy) is 1. The molecule has 0 bridgehead atoms. The second-order valence-electron chi connectivity index (χ2n) is 7.79. The van der Waals surface area contributed by atoms with E-state index in [1.807, 2.05) is 6.07 Å². The van der Waals surface area contributed by atoms with E-state index in [2.05, 4.69) is 0 Å². The van der Waals surface area contributed by atoms with Gasteiger partial charge in [-0.25, -0.2) is 4.39 Å². The molecular formula is C20H26FNO4. The number of carbonyl (C=O) groups excluding carboxylic acids is 1. The lowest BCUT2D eigenvalue weighted by Gasteiger charge is -2.47. The van der Waals surface area contributed by atoms with Crippen LogP contribution in [0.4, 0.5) is 4.39 Å². The highest BCUT2D eigenvalue weighted by molar-refractivity contribution is 5.85. The first-order valence-electron chi connectivity index (χ1n) is 9.17. The third-order valence-corrected chi connectivity index (χ3v) is 5.93. The van der Waals surface area contributed by atoms with E-state index in [0.29, 0.717) is 25.8 Å². The van der Waals surface area contributed by atoms with Crippen molar-refractivity contribution in [2.24, 2.45) is 10.8 Å². The fourth-order valence-corrected chi connectivity index (χ4v) is 4.38. The Labute approximate surface area is 153 Å². The fourth-order valence-electron chi connectivity index (χ4n) is 4.38. The number of hydrogen-bond donors (Lipinski definition) is 1. The maximum Gasteiger partial charge on any atom is 0.313 e. The number of methoxy groups -OCH3 is 1. The van der Waals surface area contributed by atoms with Crippen LogP contribution < -0.4 is 0 Å². The Bertz CT molecular complexity index is 684. The third kappa shape index (κ3) is 3.47. The van der Waals surface area contributed by atoms with Gasteiger partial charge in [0.2, 0.25) is 5.91 Å². The van der Waals surface area contributed by atoms with Crippen LogP contribution in [0.2, 0.25) is 0 Å². The maximum absolute atomic E-state index is 13.5. The Morgan fingerprint density at radius 1 is 1.23 bits per heavy atom. The lowest BCUT2D eigenvalue weighted by atomic mass is 9.64. The van der Waals surface area contributed by atoms with Crippen molar-refractivity contribution in [1.82, 2.24) is 4.90 Å². The molecule has 0 radical (unpaired) electrons. The van der Waals surface area contributed by atoms with Gasteiger partial charge in [-0.1, -0.05) is 18.6 Å². The molecule has 1 aliphatic carbocycles. The summed E-state index contributed by atoms with van der Waals surface area (Å²) in [5, 5.41) is 9.70. The zero-order valence-electron chi connectivity index (χ0n) is 15.2. The molecule has 1 heterocycles.